The minimum atomic E-state index is -4.98. The number of benzene rings is 1. The first-order chi connectivity index (χ1) is 16.2. The maximum Gasteiger partial charge on any atom is 0.471 e. The molecule has 2 atom stereocenters. The summed E-state index contributed by atoms with van der Waals surface area (Å²) in [6.45, 7) is 4.68. The maximum absolute atomic E-state index is 13.0. The summed E-state index contributed by atoms with van der Waals surface area (Å²) in [5.41, 5.74) is -0.0243. The van der Waals surface area contributed by atoms with Gasteiger partial charge in [0.25, 0.3) is 0 Å². The van der Waals surface area contributed by atoms with Gasteiger partial charge in [-0.2, -0.15) is 13.2 Å². The van der Waals surface area contributed by atoms with Crippen molar-refractivity contribution in [3.05, 3.63) is 35.9 Å². The van der Waals surface area contributed by atoms with E-state index in [1.165, 1.54) is 7.05 Å². The lowest BCUT2D eigenvalue weighted by Gasteiger charge is -2.25. The predicted molar refractivity (Wildman–Crippen MR) is 122 cm³/mol. The van der Waals surface area contributed by atoms with Crippen molar-refractivity contribution in [2.45, 2.75) is 70.3 Å². The second-order valence-corrected chi connectivity index (χ2v) is 8.81. The molecule has 1 aromatic rings. The third kappa shape index (κ3) is 12.1. The van der Waals surface area contributed by atoms with E-state index in [1.54, 1.807) is 50.4 Å². The largest absolute Gasteiger partial charge is 0.471 e. The van der Waals surface area contributed by atoms with Crippen LogP contribution in [-0.2, 0) is 25.5 Å². The highest BCUT2D eigenvalue weighted by Gasteiger charge is 2.38. The minimum Gasteiger partial charge on any atom is -0.444 e. The quantitative estimate of drug-likeness (QED) is 0.345. The van der Waals surface area contributed by atoms with Crippen LogP contribution in [0.15, 0.2) is 30.3 Å². The minimum absolute atomic E-state index is 0.0404. The Labute approximate surface area is 202 Å². The van der Waals surface area contributed by atoms with Crippen LogP contribution in [0.3, 0.4) is 0 Å². The van der Waals surface area contributed by atoms with Gasteiger partial charge in [-0.05, 0) is 45.6 Å². The lowest BCUT2D eigenvalue weighted by atomic mass is 10.0. The fourth-order valence-corrected chi connectivity index (χ4v) is 3.00. The molecule has 0 unspecified atom stereocenters. The number of carbonyl (C=O) groups is 4. The molecule has 0 fully saturated rings. The molecule has 0 saturated heterocycles. The van der Waals surface area contributed by atoms with Gasteiger partial charge < -0.3 is 26.0 Å². The van der Waals surface area contributed by atoms with Gasteiger partial charge in [-0.25, -0.2) is 4.79 Å². The van der Waals surface area contributed by atoms with Crippen LogP contribution in [0.5, 0.6) is 0 Å². The average Bonchev–Trinajstić information content (AvgIpc) is 2.75. The molecule has 0 aliphatic heterocycles. The molecule has 1 aromatic carbocycles. The van der Waals surface area contributed by atoms with Gasteiger partial charge in [-0.15, -0.1) is 0 Å². The molecule has 0 spiro atoms. The van der Waals surface area contributed by atoms with Gasteiger partial charge in [-0.3, -0.25) is 14.4 Å². The van der Waals surface area contributed by atoms with E-state index in [9.17, 15) is 32.3 Å². The molecule has 0 bridgehead atoms. The van der Waals surface area contributed by atoms with Crippen LogP contribution in [0.2, 0.25) is 0 Å². The normalized spacial score (nSPS) is 13.2. The number of hydrogen-bond acceptors (Lipinski definition) is 5. The summed E-state index contributed by atoms with van der Waals surface area (Å²) in [6, 6.07) is 6.96. The molecule has 12 heteroatoms. The van der Waals surface area contributed by atoms with Crippen molar-refractivity contribution in [3.63, 3.8) is 0 Å². The van der Waals surface area contributed by atoms with Crippen LogP contribution in [0.25, 0.3) is 0 Å². The van der Waals surface area contributed by atoms with Crippen LogP contribution in [0, 0.1) is 0 Å². The van der Waals surface area contributed by atoms with Gasteiger partial charge in [0.15, 0.2) is 0 Å². The highest BCUT2D eigenvalue weighted by molar-refractivity contribution is 5.91. The van der Waals surface area contributed by atoms with E-state index in [1.807, 2.05) is 6.07 Å². The fourth-order valence-electron chi connectivity index (χ4n) is 3.00. The van der Waals surface area contributed by atoms with Gasteiger partial charge in [0.05, 0.1) is 0 Å². The monoisotopic (exact) mass is 502 g/mol. The molecular formula is C23H33F3N4O5. The Morgan fingerprint density at radius 1 is 0.914 bits per heavy atom. The number of hydrogen-bond donors (Lipinski definition) is 4. The summed E-state index contributed by atoms with van der Waals surface area (Å²) >= 11 is 0. The Hall–Kier alpha value is -3.31. The zero-order valence-corrected chi connectivity index (χ0v) is 20.3. The number of unbranched alkanes of at least 4 members (excludes halogenated alkanes) is 1. The Bertz CT molecular complexity index is 857. The fraction of sp³-hybridized carbons (Fsp3) is 0.565. The van der Waals surface area contributed by atoms with E-state index in [-0.39, 0.29) is 32.2 Å². The molecule has 0 heterocycles. The molecule has 0 aliphatic rings. The smallest absolute Gasteiger partial charge is 0.444 e. The number of ether oxygens (including phenoxy) is 1. The summed E-state index contributed by atoms with van der Waals surface area (Å²) in [5, 5.41) is 9.31. The molecule has 196 valence electrons. The summed E-state index contributed by atoms with van der Waals surface area (Å²) in [6.07, 6.45) is -5.26. The predicted octanol–water partition coefficient (Wildman–Crippen LogP) is 2.20. The number of alkyl halides is 3. The number of likely N-dealkylation sites (N-methyl/N-ethyl adjacent to an activating group) is 1. The van der Waals surface area contributed by atoms with Crippen LogP contribution in [0.1, 0.15) is 45.6 Å². The topological polar surface area (TPSA) is 126 Å². The van der Waals surface area contributed by atoms with Crippen LogP contribution >= 0.6 is 0 Å². The molecule has 1 rings (SSSR count). The van der Waals surface area contributed by atoms with Crippen molar-refractivity contribution >= 4 is 23.8 Å². The molecule has 0 aromatic heterocycles. The maximum atomic E-state index is 13.0. The molecule has 0 radical (unpaired) electrons. The van der Waals surface area contributed by atoms with E-state index < -0.39 is 47.7 Å². The van der Waals surface area contributed by atoms with Crippen LogP contribution < -0.4 is 21.3 Å². The van der Waals surface area contributed by atoms with Crippen molar-refractivity contribution in [2.75, 3.05) is 13.6 Å². The van der Waals surface area contributed by atoms with Crippen molar-refractivity contribution in [3.8, 4) is 0 Å². The van der Waals surface area contributed by atoms with E-state index in [0.717, 1.165) is 5.56 Å². The lowest BCUT2D eigenvalue weighted by Crippen LogP contribution is -2.54. The Morgan fingerprint density at radius 2 is 1.54 bits per heavy atom. The number of amides is 4. The lowest BCUT2D eigenvalue weighted by molar-refractivity contribution is -0.173. The third-order valence-electron chi connectivity index (χ3n) is 4.63. The Morgan fingerprint density at radius 3 is 2.09 bits per heavy atom. The van der Waals surface area contributed by atoms with Crippen molar-refractivity contribution < 1.29 is 37.1 Å². The molecule has 0 aliphatic carbocycles. The molecule has 35 heavy (non-hydrogen) atoms. The standard InChI is InChI=1S/C23H33F3N4O5/c1-22(2,3)35-21(34)30-16(12-8-9-13-28-20(33)23(24,25)26)19(32)29-17(18(31)27-4)14-15-10-6-5-7-11-15/h5-7,10-11,16-17H,8-9,12-14H2,1-4H3,(H,27,31)(H,28,33)(H,29,32)(H,30,34)/t16-,17-/m0/s1. The third-order valence-corrected chi connectivity index (χ3v) is 4.63. The molecule has 0 saturated carbocycles. The highest BCUT2D eigenvalue weighted by atomic mass is 19.4. The molecule has 9 nitrogen and oxygen atoms in total. The van der Waals surface area contributed by atoms with Gasteiger partial charge in [0, 0.05) is 20.0 Å². The zero-order chi connectivity index (χ0) is 26.6. The van der Waals surface area contributed by atoms with Gasteiger partial charge in [0.1, 0.15) is 17.7 Å². The van der Waals surface area contributed by atoms with E-state index in [0.29, 0.717) is 0 Å². The van der Waals surface area contributed by atoms with Crippen molar-refractivity contribution in [2.24, 2.45) is 0 Å². The average molecular weight is 503 g/mol. The highest BCUT2D eigenvalue weighted by Crippen LogP contribution is 2.14. The summed E-state index contributed by atoms with van der Waals surface area (Å²) in [7, 11) is 1.43. The number of rotatable bonds is 11. The molecular weight excluding hydrogens is 469 g/mol. The zero-order valence-electron chi connectivity index (χ0n) is 20.3. The van der Waals surface area contributed by atoms with Crippen molar-refractivity contribution in [1.82, 2.24) is 21.3 Å². The van der Waals surface area contributed by atoms with Gasteiger partial charge in [-0.1, -0.05) is 30.3 Å². The summed E-state index contributed by atoms with van der Waals surface area (Å²) in [4.78, 5) is 48.5. The van der Waals surface area contributed by atoms with E-state index >= 15 is 0 Å². The summed E-state index contributed by atoms with van der Waals surface area (Å²) < 4.78 is 42.0. The molecule has 4 N–H and O–H groups in total. The number of halogens is 3. The second kappa shape index (κ2) is 13.5. The first-order valence-electron chi connectivity index (χ1n) is 11.1. The summed E-state index contributed by atoms with van der Waals surface area (Å²) in [5.74, 6) is -3.14. The first-order valence-corrected chi connectivity index (χ1v) is 11.1. The van der Waals surface area contributed by atoms with Crippen molar-refractivity contribution in [1.29, 1.82) is 0 Å². The number of alkyl carbamates (subject to hydrolysis) is 1. The van der Waals surface area contributed by atoms with E-state index in [2.05, 4.69) is 16.0 Å². The second-order valence-electron chi connectivity index (χ2n) is 8.81. The molecule has 4 amide bonds. The van der Waals surface area contributed by atoms with Gasteiger partial charge >= 0.3 is 18.2 Å². The first kappa shape index (κ1) is 29.7. The van der Waals surface area contributed by atoms with E-state index in [4.69, 9.17) is 4.74 Å². The number of nitrogens with one attached hydrogen (secondary N) is 4. The SMILES string of the molecule is CNC(=O)[C@H](Cc1ccccc1)NC(=O)[C@H](CCCCNC(=O)C(F)(F)F)NC(=O)OC(C)(C)C. The Balaban J connectivity index is 2.84. The Kier molecular flexibility index (Phi) is 11.5. The van der Waals surface area contributed by atoms with Crippen LogP contribution in [0.4, 0.5) is 18.0 Å². The van der Waals surface area contributed by atoms with Gasteiger partial charge in [0.2, 0.25) is 11.8 Å². The van der Waals surface area contributed by atoms with Crippen LogP contribution in [-0.4, -0.2) is 61.3 Å². The number of carbonyl (C=O) groups excluding carboxylic acids is 4.